The van der Waals surface area contributed by atoms with Crippen LogP contribution in [0.2, 0.25) is 0 Å². The van der Waals surface area contributed by atoms with Gasteiger partial charge in [-0.2, -0.15) is 0 Å². The van der Waals surface area contributed by atoms with Crippen LogP contribution < -0.4 is 5.32 Å². The molecular formula is C16H33NO2S. The molecule has 20 heavy (non-hydrogen) atoms. The van der Waals surface area contributed by atoms with Crippen LogP contribution in [0.5, 0.6) is 0 Å². The minimum Gasteiger partial charge on any atom is -0.319 e. The van der Waals surface area contributed by atoms with E-state index in [1.54, 1.807) is 0 Å². The van der Waals surface area contributed by atoms with Crippen molar-refractivity contribution in [3.8, 4) is 0 Å². The van der Waals surface area contributed by atoms with Gasteiger partial charge in [-0.25, -0.2) is 8.42 Å². The molecule has 0 saturated heterocycles. The molecule has 3 nitrogen and oxygen atoms in total. The van der Waals surface area contributed by atoms with Crippen LogP contribution in [0, 0.1) is 23.7 Å². The highest BCUT2D eigenvalue weighted by molar-refractivity contribution is 7.91. The molecule has 1 N–H and O–H groups in total. The summed E-state index contributed by atoms with van der Waals surface area (Å²) in [4.78, 5) is 0. The molecule has 1 rings (SSSR count). The van der Waals surface area contributed by atoms with Crippen molar-refractivity contribution in [2.75, 3.05) is 25.1 Å². The van der Waals surface area contributed by atoms with Gasteiger partial charge >= 0.3 is 0 Å². The van der Waals surface area contributed by atoms with Crippen molar-refractivity contribution in [2.45, 2.75) is 52.9 Å². The second-order valence-corrected chi connectivity index (χ2v) is 9.14. The zero-order valence-electron chi connectivity index (χ0n) is 13.7. The molecule has 0 bridgehead atoms. The van der Waals surface area contributed by atoms with Gasteiger partial charge in [0.05, 0.1) is 5.75 Å². The molecule has 4 heteroatoms. The first kappa shape index (κ1) is 18.0. The van der Waals surface area contributed by atoms with Crippen molar-refractivity contribution in [1.82, 2.24) is 5.32 Å². The predicted octanol–water partition coefficient (Wildman–Crippen LogP) is 3.11. The van der Waals surface area contributed by atoms with Crippen LogP contribution in [0.4, 0.5) is 0 Å². The number of sulfone groups is 1. The monoisotopic (exact) mass is 303 g/mol. The molecule has 1 fully saturated rings. The molecule has 0 aromatic rings. The first-order valence-electron chi connectivity index (χ1n) is 8.24. The Labute approximate surface area is 125 Å². The van der Waals surface area contributed by atoms with Crippen LogP contribution >= 0.6 is 0 Å². The molecule has 3 atom stereocenters. The number of hydrogen-bond donors (Lipinski definition) is 1. The summed E-state index contributed by atoms with van der Waals surface area (Å²) >= 11 is 0. The van der Waals surface area contributed by atoms with Gasteiger partial charge in [-0.15, -0.1) is 0 Å². The first-order valence-corrected chi connectivity index (χ1v) is 10.1. The van der Waals surface area contributed by atoms with Gasteiger partial charge in [0.2, 0.25) is 0 Å². The van der Waals surface area contributed by atoms with Gasteiger partial charge in [0.25, 0.3) is 0 Å². The summed E-state index contributed by atoms with van der Waals surface area (Å²) < 4.78 is 23.9. The Balaban J connectivity index is 2.60. The lowest BCUT2D eigenvalue weighted by molar-refractivity contribution is 0.143. The molecule has 1 aliphatic rings. The summed E-state index contributed by atoms with van der Waals surface area (Å²) in [5, 5.41) is 3.28. The second-order valence-electron chi connectivity index (χ2n) is 6.84. The largest absolute Gasteiger partial charge is 0.319 e. The molecule has 1 saturated carbocycles. The van der Waals surface area contributed by atoms with E-state index in [1.165, 1.54) is 19.3 Å². The van der Waals surface area contributed by atoms with E-state index in [1.807, 2.05) is 14.0 Å². The van der Waals surface area contributed by atoms with Crippen LogP contribution in [0.15, 0.2) is 0 Å². The second kappa shape index (κ2) is 8.38. The lowest BCUT2D eigenvalue weighted by Gasteiger charge is -2.38. The predicted molar refractivity (Wildman–Crippen MR) is 86.6 cm³/mol. The fourth-order valence-electron chi connectivity index (χ4n) is 3.60. The van der Waals surface area contributed by atoms with E-state index in [9.17, 15) is 8.42 Å². The van der Waals surface area contributed by atoms with Gasteiger partial charge in [0.1, 0.15) is 9.84 Å². The molecule has 0 aliphatic heterocycles. The summed E-state index contributed by atoms with van der Waals surface area (Å²) in [6.45, 7) is 7.57. The highest BCUT2D eigenvalue weighted by Crippen LogP contribution is 2.39. The van der Waals surface area contributed by atoms with E-state index in [2.05, 4.69) is 19.2 Å². The Morgan fingerprint density at radius 3 is 2.40 bits per heavy atom. The number of hydrogen-bond acceptors (Lipinski definition) is 3. The van der Waals surface area contributed by atoms with Crippen molar-refractivity contribution in [3.63, 3.8) is 0 Å². The fourth-order valence-corrected chi connectivity index (χ4v) is 5.08. The number of nitrogens with one attached hydrogen (secondary N) is 1. The molecule has 0 heterocycles. The van der Waals surface area contributed by atoms with Crippen LogP contribution in [-0.4, -0.2) is 33.5 Å². The maximum absolute atomic E-state index is 11.9. The Kier molecular flexibility index (Phi) is 7.52. The third-order valence-corrected chi connectivity index (χ3v) is 6.79. The molecule has 1 aliphatic carbocycles. The summed E-state index contributed by atoms with van der Waals surface area (Å²) in [6.07, 6.45) is 5.37. The SMILES string of the molecule is CCCS(=O)(=O)CCC1CC(C(C)C)CCC1CNC. The van der Waals surface area contributed by atoms with Gasteiger partial charge in [-0.1, -0.05) is 20.8 Å². The van der Waals surface area contributed by atoms with E-state index in [0.717, 1.165) is 31.2 Å². The van der Waals surface area contributed by atoms with Crippen molar-refractivity contribution < 1.29 is 8.42 Å². The van der Waals surface area contributed by atoms with E-state index in [4.69, 9.17) is 0 Å². The maximum Gasteiger partial charge on any atom is 0.150 e. The fraction of sp³-hybridized carbons (Fsp3) is 1.00. The van der Waals surface area contributed by atoms with Gasteiger partial charge < -0.3 is 5.32 Å². The maximum atomic E-state index is 11.9. The minimum atomic E-state index is -2.83. The zero-order chi connectivity index (χ0) is 15.2. The highest BCUT2D eigenvalue weighted by Gasteiger charge is 2.31. The highest BCUT2D eigenvalue weighted by atomic mass is 32.2. The molecular weight excluding hydrogens is 270 g/mol. The average Bonchev–Trinajstić information content (AvgIpc) is 2.37. The zero-order valence-corrected chi connectivity index (χ0v) is 14.5. The smallest absolute Gasteiger partial charge is 0.150 e. The lowest BCUT2D eigenvalue weighted by Crippen LogP contribution is -2.34. The molecule has 0 radical (unpaired) electrons. The quantitative estimate of drug-likeness (QED) is 0.749. The Hall–Kier alpha value is -0.0900. The van der Waals surface area contributed by atoms with E-state index in [0.29, 0.717) is 23.3 Å². The van der Waals surface area contributed by atoms with E-state index < -0.39 is 9.84 Å². The standard InChI is InChI=1S/C16H33NO2S/c1-5-9-20(18,19)10-8-15-11-14(13(2)3)6-7-16(15)12-17-4/h13-17H,5-12H2,1-4H3. The lowest BCUT2D eigenvalue weighted by atomic mass is 9.69. The van der Waals surface area contributed by atoms with Gasteiger partial charge in [-0.05, 0) is 69.4 Å². The molecule has 0 spiro atoms. The van der Waals surface area contributed by atoms with Crippen molar-refractivity contribution in [3.05, 3.63) is 0 Å². The van der Waals surface area contributed by atoms with Crippen LogP contribution in [0.25, 0.3) is 0 Å². The molecule has 0 aromatic carbocycles. The summed E-state index contributed by atoms with van der Waals surface area (Å²) in [5.41, 5.74) is 0. The number of rotatable bonds is 8. The average molecular weight is 304 g/mol. The van der Waals surface area contributed by atoms with E-state index >= 15 is 0 Å². The Morgan fingerprint density at radius 2 is 1.85 bits per heavy atom. The molecule has 3 unspecified atom stereocenters. The molecule has 0 amide bonds. The van der Waals surface area contributed by atoms with Crippen molar-refractivity contribution in [2.24, 2.45) is 23.7 Å². The van der Waals surface area contributed by atoms with Crippen molar-refractivity contribution in [1.29, 1.82) is 0 Å². The van der Waals surface area contributed by atoms with Crippen LogP contribution in [0.1, 0.15) is 52.9 Å². The summed E-state index contributed by atoms with van der Waals surface area (Å²) in [6, 6.07) is 0. The van der Waals surface area contributed by atoms with Gasteiger partial charge in [0.15, 0.2) is 0 Å². The van der Waals surface area contributed by atoms with Gasteiger partial charge in [-0.3, -0.25) is 0 Å². The van der Waals surface area contributed by atoms with Crippen LogP contribution in [0.3, 0.4) is 0 Å². The molecule has 120 valence electrons. The molecule has 0 aromatic heterocycles. The van der Waals surface area contributed by atoms with Crippen molar-refractivity contribution >= 4 is 9.84 Å². The van der Waals surface area contributed by atoms with Gasteiger partial charge in [0, 0.05) is 5.75 Å². The Bertz CT molecular complexity index is 365. The summed E-state index contributed by atoms with van der Waals surface area (Å²) in [7, 11) is -0.828. The third kappa shape index (κ3) is 5.72. The summed E-state index contributed by atoms with van der Waals surface area (Å²) in [5.74, 6) is 3.48. The first-order chi connectivity index (χ1) is 9.39. The van der Waals surface area contributed by atoms with E-state index in [-0.39, 0.29) is 0 Å². The third-order valence-electron chi connectivity index (χ3n) is 4.90. The van der Waals surface area contributed by atoms with Crippen LogP contribution in [-0.2, 0) is 9.84 Å². The normalized spacial score (nSPS) is 27.9. The minimum absolute atomic E-state index is 0.351. The Morgan fingerprint density at radius 1 is 1.15 bits per heavy atom. The topological polar surface area (TPSA) is 46.2 Å².